The van der Waals surface area contributed by atoms with Crippen molar-refractivity contribution in [3.8, 4) is 0 Å². The standard InChI is InChI=1S/C20H18ClN3O/c21-16-8-10-17(11-9-16)22-20(25)24-14-13-23-12-4-7-18(23)19(24)15-5-2-1-3-6-15/h1-12,19H,13-14H2,(H,22,25)/t19-/m1/s1. The summed E-state index contributed by atoms with van der Waals surface area (Å²) in [6.07, 6.45) is 2.07. The van der Waals surface area contributed by atoms with E-state index >= 15 is 0 Å². The highest BCUT2D eigenvalue weighted by molar-refractivity contribution is 6.30. The van der Waals surface area contributed by atoms with Gasteiger partial charge < -0.3 is 14.8 Å². The van der Waals surface area contributed by atoms with Crippen LogP contribution < -0.4 is 5.32 Å². The Labute approximate surface area is 151 Å². The molecule has 0 radical (unpaired) electrons. The summed E-state index contributed by atoms with van der Waals surface area (Å²) in [5, 5.41) is 3.63. The molecule has 5 heteroatoms. The fourth-order valence-electron chi connectivity index (χ4n) is 3.32. The number of benzene rings is 2. The van der Waals surface area contributed by atoms with Crippen molar-refractivity contribution in [3.63, 3.8) is 0 Å². The summed E-state index contributed by atoms with van der Waals surface area (Å²) in [4.78, 5) is 14.8. The quantitative estimate of drug-likeness (QED) is 0.709. The number of aromatic nitrogens is 1. The van der Waals surface area contributed by atoms with Gasteiger partial charge in [-0.1, -0.05) is 41.9 Å². The summed E-state index contributed by atoms with van der Waals surface area (Å²) >= 11 is 5.92. The number of amides is 2. The van der Waals surface area contributed by atoms with E-state index in [4.69, 9.17) is 11.6 Å². The van der Waals surface area contributed by atoms with Gasteiger partial charge in [-0.05, 0) is 42.0 Å². The Hall–Kier alpha value is -2.72. The monoisotopic (exact) mass is 351 g/mol. The largest absolute Gasteiger partial charge is 0.348 e. The van der Waals surface area contributed by atoms with Gasteiger partial charge in [0.15, 0.2) is 0 Å². The zero-order valence-electron chi connectivity index (χ0n) is 13.6. The molecule has 1 aliphatic heterocycles. The second-order valence-corrected chi connectivity index (χ2v) is 6.51. The van der Waals surface area contributed by atoms with E-state index in [1.54, 1.807) is 12.1 Å². The molecule has 1 aromatic heterocycles. The molecular formula is C20H18ClN3O. The van der Waals surface area contributed by atoms with Gasteiger partial charge in [0.25, 0.3) is 0 Å². The molecule has 2 aromatic carbocycles. The van der Waals surface area contributed by atoms with E-state index in [-0.39, 0.29) is 12.1 Å². The number of rotatable bonds is 2. The molecule has 0 saturated carbocycles. The molecule has 0 saturated heterocycles. The van der Waals surface area contributed by atoms with Crippen molar-refractivity contribution in [2.24, 2.45) is 0 Å². The molecule has 0 bridgehead atoms. The first-order valence-electron chi connectivity index (χ1n) is 8.25. The highest BCUT2D eigenvalue weighted by atomic mass is 35.5. The summed E-state index contributed by atoms with van der Waals surface area (Å²) in [7, 11) is 0. The van der Waals surface area contributed by atoms with E-state index in [0.29, 0.717) is 11.6 Å². The lowest BCUT2D eigenvalue weighted by Gasteiger charge is -2.37. The molecule has 4 nitrogen and oxygen atoms in total. The van der Waals surface area contributed by atoms with Gasteiger partial charge in [0, 0.05) is 35.7 Å². The second kappa shape index (κ2) is 6.65. The molecule has 4 rings (SSSR count). The normalized spacial score (nSPS) is 16.4. The van der Waals surface area contributed by atoms with E-state index in [2.05, 4.69) is 34.3 Å². The Balaban J connectivity index is 1.65. The summed E-state index contributed by atoms with van der Waals surface area (Å²) in [5.41, 5.74) is 2.97. The van der Waals surface area contributed by atoms with Gasteiger partial charge in [-0.25, -0.2) is 4.79 Å². The second-order valence-electron chi connectivity index (χ2n) is 6.07. The minimum atomic E-state index is -0.108. The van der Waals surface area contributed by atoms with Crippen LogP contribution in [0.25, 0.3) is 0 Å². The zero-order valence-corrected chi connectivity index (χ0v) is 14.4. The maximum absolute atomic E-state index is 12.9. The number of hydrogen-bond donors (Lipinski definition) is 1. The molecule has 126 valence electrons. The van der Waals surface area contributed by atoms with Gasteiger partial charge >= 0.3 is 6.03 Å². The maximum Gasteiger partial charge on any atom is 0.322 e. The predicted molar refractivity (Wildman–Crippen MR) is 99.9 cm³/mol. The lowest BCUT2D eigenvalue weighted by molar-refractivity contribution is 0.182. The number of anilines is 1. The number of hydrogen-bond acceptors (Lipinski definition) is 1. The van der Waals surface area contributed by atoms with Crippen LogP contribution in [-0.4, -0.2) is 22.0 Å². The number of nitrogens with zero attached hydrogens (tertiary/aromatic N) is 2. The first-order valence-corrected chi connectivity index (χ1v) is 8.63. The van der Waals surface area contributed by atoms with Crippen molar-refractivity contribution in [2.75, 3.05) is 11.9 Å². The predicted octanol–water partition coefficient (Wildman–Crippen LogP) is 4.78. The first-order chi connectivity index (χ1) is 12.2. The van der Waals surface area contributed by atoms with E-state index in [9.17, 15) is 4.79 Å². The van der Waals surface area contributed by atoms with Crippen LogP contribution in [0.4, 0.5) is 10.5 Å². The van der Waals surface area contributed by atoms with Crippen LogP contribution in [-0.2, 0) is 6.54 Å². The third-order valence-electron chi connectivity index (χ3n) is 4.51. The topological polar surface area (TPSA) is 37.3 Å². The fourth-order valence-corrected chi connectivity index (χ4v) is 3.44. The van der Waals surface area contributed by atoms with Crippen molar-refractivity contribution >= 4 is 23.3 Å². The van der Waals surface area contributed by atoms with E-state index in [1.165, 1.54) is 0 Å². The first kappa shape index (κ1) is 15.8. The number of carbonyl (C=O) groups excluding carboxylic acids is 1. The van der Waals surface area contributed by atoms with Gasteiger partial charge in [0.2, 0.25) is 0 Å². The van der Waals surface area contributed by atoms with Crippen LogP contribution >= 0.6 is 11.6 Å². The number of nitrogens with one attached hydrogen (secondary N) is 1. The molecule has 1 N–H and O–H groups in total. The van der Waals surface area contributed by atoms with Crippen LogP contribution in [0, 0.1) is 0 Å². The van der Waals surface area contributed by atoms with Crippen LogP contribution in [0.1, 0.15) is 17.3 Å². The van der Waals surface area contributed by atoms with Gasteiger partial charge in [-0.15, -0.1) is 0 Å². The smallest absolute Gasteiger partial charge is 0.322 e. The molecule has 25 heavy (non-hydrogen) atoms. The van der Waals surface area contributed by atoms with Crippen LogP contribution in [0.5, 0.6) is 0 Å². The minimum absolute atomic E-state index is 0.0998. The maximum atomic E-state index is 12.9. The molecule has 0 fully saturated rings. The molecule has 3 aromatic rings. The van der Waals surface area contributed by atoms with Crippen molar-refractivity contribution in [1.29, 1.82) is 0 Å². The van der Waals surface area contributed by atoms with Crippen molar-refractivity contribution < 1.29 is 4.79 Å². The lowest BCUT2D eigenvalue weighted by atomic mass is 10.0. The summed E-state index contributed by atoms with van der Waals surface area (Å²) in [6, 6.07) is 21.2. The molecule has 0 unspecified atom stereocenters. The SMILES string of the molecule is O=C(Nc1ccc(Cl)cc1)N1CCn2cccc2[C@H]1c1ccccc1. The van der Waals surface area contributed by atoms with Crippen LogP contribution in [0.2, 0.25) is 5.02 Å². The highest BCUT2D eigenvalue weighted by Crippen LogP contribution is 2.32. The van der Waals surface area contributed by atoms with Gasteiger partial charge in [-0.3, -0.25) is 0 Å². The van der Waals surface area contributed by atoms with Crippen molar-refractivity contribution in [1.82, 2.24) is 9.47 Å². The average molecular weight is 352 g/mol. The van der Waals surface area contributed by atoms with Crippen LogP contribution in [0.3, 0.4) is 0 Å². The van der Waals surface area contributed by atoms with Crippen molar-refractivity contribution in [3.05, 3.63) is 89.2 Å². The van der Waals surface area contributed by atoms with Crippen LogP contribution in [0.15, 0.2) is 72.9 Å². The molecule has 1 atom stereocenters. The number of carbonyl (C=O) groups is 1. The number of halogens is 1. The minimum Gasteiger partial charge on any atom is -0.348 e. The molecule has 0 spiro atoms. The third kappa shape index (κ3) is 3.13. The van der Waals surface area contributed by atoms with E-state index in [0.717, 1.165) is 23.5 Å². The third-order valence-corrected chi connectivity index (χ3v) is 4.76. The number of urea groups is 1. The van der Waals surface area contributed by atoms with Gasteiger partial charge in [-0.2, -0.15) is 0 Å². The molecule has 2 heterocycles. The zero-order chi connectivity index (χ0) is 17.2. The van der Waals surface area contributed by atoms with Crippen molar-refractivity contribution in [2.45, 2.75) is 12.6 Å². The van der Waals surface area contributed by atoms with Gasteiger partial charge in [0.1, 0.15) is 0 Å². The van der Waals surface area contributed by atoms with Gasteiger partial charge in [0.05, 0.1) is 6.04 Å². The number of fused-ring (bicyclic) bond motifs is 1. The summed E-state index contributed by atoms with van der Waals surface area (Å²) in [5.74, 6) is 0. The average Bonchev–Trinajstić information content (AvgIpc) is 3.12. The Morgan fingerprint density at radius 3 is 2.48 bits per heavy atom. The fraction of sp³-hybridized carbons (Fsp3) is 0.150. The Morgan fingerprint density at radius 1 is 0.960 bits per heavy atom. The molecule has 0 aliphatic carbocycles. The summed E-state index contributed by atoms with van der Waals surface area (Å²) < 4.78 is 2.21. The highest BCUT2D eigenvalue weighted by Gasteiger charge is 2.32. The molecular weight excluding hydrogens is 334 g/mol. The Morgan fingerprint density at radius 2 is 1.72 bits per heavy atom. The lowest BCUT2D eigenvalue weighted by Crippen LogP contribution is -2.44. The summed E-state index contributed by atoms with van der Waals surface area (Å²) in [6.45, 7) is 1.44. The molecule has 1 aliphatic rings. The van der Waals surface area contributed by atoms with E-state index < -0.39 is 0 Å². The Kier molecular flexibility index (Phi) is 4.20. The van der Waals surface area contributed by atoms with E-state index in [1.807, 2.05) is 41.3 Å². The Bertz CT molecular complexity index is 873. The molecule has 2 amide bonds.